The Morgan fingerprint density at radius 1 is 1.31 bits per heavy atom. The minimum atomic E-state index is -0.973. The lowest BCUT2D eigenvalue weighted by Gasteiger charge is -2.31. The van der Waals surface area contributed by atoms with Crippen molar-refractivity contribution in [3.63, 3.8) is 0 Å². The number of hydrogen-bond donors (Lipinski definition) is 0. The fourth-order valence-corrected chi connectivity index (χ4v) is 2.50. The molecule has 1 radical (unpaired) electrons. The Hall–Kier alpha value is -0.860. The summed E-state index contributed by atoms with van der Waals surface area (Å²) in [5, 5.41) is 0. The molecule has 3 nitrogen and oxygen atoms in total. The van der Waals surface area contributed by atoms with Gasteiger partial charge in [-0.05, 0) is 19.8 Å². The van der Waals surface area contributed by atoms with Crippen molar-refractivity contribution in [2.24, 2.45) is 10.8 Å². The minimum absolute atomic E-state index is 0.243. The van der Waals surface area contributed by atoms with Crippen LogP contribution in [0.1, 0.15) is 33.6 Å². The Kier molecular flexibility index (Phi) is 1.32. The highest BCUT2D eigenvalue weighted by Gasteiger charge is 2.73. The second-order valence-electron chi connectivity index (χ2n) is 4.78. The van der Waals surface area contributed by atoms with E-state index in [4.69, 9.17) is 4.74 Å². The maximum atomic E-state index is 11.5. The Morgan fingerprint density at radius 2 is 1.92 bits per heavy atom. The summed E-state index contributed by atoms with van der Waals surface area (Å²) in [6.07, 6.45) is 3.27. The molecule has 1 aliphatic carbocycles. The molecule has 2 rings (SSSR count). The van der Waals surface area contributed by atoms with Gasteiger partial charge in [0.05, 0.1) is 5.41 Å². The zero-order chi connectivity index (χ0) is 9.91. The van der Waals surface area contributed by atoms with Crippen molar-refractivity contribution in [1.29, 1.82) is 0 Å². The van der Waals surface area contributed by atoms with Crippen LogP contribution in [-0.4, -0.2) is 17.9 Å². The summed E-state index contributed by atoms with van der Waals surface area (Å²) in [5.74, 6) is -0.243. The van der Waals surface area contributed by atoms with Crippen molar-refractivity contribution in [3.8, 4) is 0 Å². The van der Waals surface area contributed by atoms with E-state index in [1.54, 1.807) is 0 Å². The predicted molar refractivity (Wildman–Crippen MR) is 45.6 cm³/mol. The van der Waals surface area contributed by atoms with E-state index in [1.807, 2.05) is 27.1 Å². The predicted octanol–water partition coefficient (Wildman–Crippen LogP) is 1.22. The monoisotopic (exact) mass is 181 g/mol. The smallest absolute Gasteiger partial charge is 0.313 e. The Labute approximate surface area is 77.4 Å². The summed E-state index contributed by atoms with van der Waals surface area (Å²) in [4.78, 5) is 22.4. The van der Waals surface area contributed by atoms with Gasteiger partial charge >= 0.3 is 5.97 Å². The number of esters is 1. The number of carbonyl (C=O) groups is 1. The Bertz CT molecular complexity index is 295. The summed E-state index contributed by atoms with van der Waals surface area (Å²) in [6, 6.07) is 0. The summed E-state index contributed by atoms with van der Waals surface area (Å²) in [6.45, 7) is 5.70. The summed E-state index contributed by atoms with van der Waals surface area (Å²) in [5.41, 5.74) is -1.89. The third kappa shape index (κ3) is 0.640. The Balaban J connectivity index is 2.59. The molecule has 1 saturated carbocycles. The minimum Gasteiger partial charge on any atom is -0.449 e. The van der Waals surface area contributed by atoms with E-state index < -0.39 is 16.4 Å². The van der Waals surface area contributed by atoms with Gasteiger partial charge in [0.25, 0.3) is 0 Å². The van der Waals surface area contributed by atoms with Gasteiger partial charge in [0, 0.05) is 5.41 Å². The van der Waals surface area contributed by atoms with E-state index in [0.29, 0.717) is 6.42 Å². The van der Waals surface area contributed by atoms with Crippen LogP contribution in [0.5, 0.6) is 0 Å². The quantitative estimate of drug-likeness (QED) is 0.571. The molecule has 0 amide bonds. The molecule has 2 bridgehead atoms. The first-order valence-corrected chi connectivity index (χ1v) is 4.52. The largest absolute Gasteiger partial charge is 0.449 e. The van der Waals surface area contributed by atoms with Crippen LogP contribution in [0.4, 0.5) is 0 Å². The van der Waals surface area contributed by atoms with Crippen molar-refractivity contribution in [2.75, 3.05) is 0 Å². The molecule has 0 N–H and O–H groups in total. The number of rotatable bonds is 1. The molecule has 71 valence electrons. The highest BCUT2D eigenvalue weighted by molar-refractivity contribution is 5.88. The van der Waals surface area contributed by atoms with Crippen LogP contribution < -0.4 is 0 Å². The van der Waals surface area contributed by atoms with Crippen LogP contribution in [-0.2, 0) is 14.3 Å². The van der Waals surface area contributed by atoms with Gasteiger partial charge in [-0.1, -0.05) is 13.8 Å². The summed E-state index contributed by atoms with van der Waals surface area (Å²) in [7, 11) is 0. The van der Waals surface area contributed by atoms with Gasteiger partial charge in [0.15, 0.2) is 5.60 Å². The zero-order valence-corrected chi connectivity index (χ0v) is 8.14. The van der Waals surface area contributed by atoms with Crippen LogP contribution in [0.25, 0.3) is 0 Å². The van der Waals surface area contributed by atoms with E-state index in [-0.39, 0.29) is 5.97 Å². The van der Waals surface area contributed by atoms with E-state index >= 15 is 0 Å². The molecule has 1 saturated heterocycles. The fraction of sp³-hybridized carbons (Fsp3) is 0.800. The van der Waals surface area contributed by atoms with Crippen molar-refractivity contribution in [3.05, 3.63) is 0 Å². The molecule has 1 heterocycles. The molecule has 0 aromatic heterocycles. The van der Waals surface area contributed by atoms with E-state index in [9.17, 15) is 9.59 Å². The van der Waals surface area contributed by atoms with Crippen molar-refractivity contribution in [2.45, 2.75) is 39.2 Å². The van der Waals surface area contributed by atoms with Crippen LogP contribution >= 0.6 is 0 Å². The molecule has 0 aromatic rings. The Morgan fingerprint density at radius 3 is 2.15 bits per heavy atom. The van der Waals surface area contributed by atoms with Gasteiger partial charge in [-0.3, -0.25) is 9.59 Å². The van der Waals surface area contributed by atoms with Gasteiger partial charge in [-0.25, -0.2) is 0 Å². The van der Waals surface area contributed by atoms with Gasteiger partial charge < -0.3 is 4.74 Å². The van der Waals surface area contributed by atoms with Crippen molar-refractivity contribution in [1.82, 2.24) is 0 Å². The maximum Gasteiger partial charge on any atom is 0.313 e. The molecule has 2 fully saturated rings. The number of hydrogen-bond acceptors (Lipinski definition) is 3. The van der Waals surface area contributed by atoms with Crippen LogP contribution in [0, 0.1) is 10.8 Å². The lowest BCUT2D eigenvalue weighted by molar-refractivity contribution is -0.155. The molecular formula is C10H13O3. The van der Waals surface area contributed by atoms with Gasteiger partial charge in [0.1, 0.15) is 0 Å². The highest BCUT2D eigenvalue weighted by atomic mass is 16.6. The molecule has 13 heavy (non-hydrogen) atoms. The van der Waals surface area contributed by atoms with Gasteiger partial charge in [-0.2, -0.15) is 0 Å². The van der Waals surface area contributed by atoms with Crippen LogP contribution in [0.2, 0.25) is 0 Å². The first kappa shape index (κ1) is 8.73. The second kappa shape index (κ2) is 1.97. The molecule has 2 unspecified atom stereocenters. The molecule has 0 spiro atoms. The number of fused-ring (bicyclic) bond motifs is 2. The normalized spacial score (nSPS) is 46.2. The molecule has 3 heteroatoms. The molecule has 0 aromatic carbocycles. The molecule has 2 atom stereocenters. The van der Waals surface area contributed by atoms with E-state index in [1.165, 1.54) is 0 Å². The fourth-order valence-electron chi connectivity index (χ4n) is 2.50. The zero-order valence-electron chi connectivity index (χ0n) is 8.14. The van der Waals surface area contributed by atoms with Gasteiger partial charge in [0.2, 0.25) is 6.29 Å². The first-order chi connectivity index (χ1) is 5.90. The summed E-state index contributed by atoms with van der Waals surface area (Å²) < 4.78 is 5.15. The van der Waals surface area contributed by atoms with Crippen LogP contribution in [0.15, 0.2) is 0 Å². The molecule has 2 aliphatic rings. The SMILES string of the molecule is CC12CCC([C]=O)(OC1=O)C2(C)C. The third-order valence-electron chi connectivity index (χ3n) is 4.25. The topological polar surface area (TPSA) is 43.4 Å². The van der Waals surface area contributed by atoms with Gasteiger partial charge in [-0.15, -0.1) is 0 Å². The van der Waals surface area contributed by atoms with Crippen molar-refractivity contribution < 1.29 is 14.3 Å². The molecular weight excluding hydrogens is 168 g/mol. The number of carbonyl (C=O) groups excluding carboxylic acids is 2. The van der Waals surface area contributed by atoms with Crippen molar-refractivity contribution >= 4 is 12.3 Å². The van der Waals surface area contributed by atoms with Crippen LogP contribution in [0.3, 0.4) is 0 Å². The molecule has 1 aliphatic heterocycles. The van der Waals surface area contributed by atoms with E-state index in [0.717, 1.165) is 6.42 Å². The highest BCUT2D eigenvalue weighted by Crippen LogP contribution is 2.64. The lowest BCUT2D eigenvalue weighted by atomic mass is 9.67. The van der Waals surface area contributed by atoms with E-state index in [2.05, 4.69) is 0 Å². The average molecular weight is 181 g/mol. The summed E-state index contributed by atoms with van der Waals surface area (Å²) >= 11 is 0. The second-order valence-corrected chi connectivity index (χ2v) is 4.78. The number of ether oxygens (including phenoxy) is 1. The standard InChI is InChI=1S/C10H13O3/c1-8(2)9(3)4-5-10(8,6-11)13-7(9)12/h4-5H2,1-3H3. The lowest BCUT2D eigenvalue weighted by Crippen LogP contribution is -2.42. The average Bonchev–Trinajstić information content (AvgIpc) is 2.34. The maximum absolute atomic E-state index is 11.5. The first-order valence-electron chi connectivity index (χ1n) is 4.52. The third-order valence-corrected chi connectivity index (χ3v) is 4.25.